The van der Waals surface area contributed by atoms with Crippen molar-refractivity contribution in [3.05, 3.63) is 166 Å². The highest BCUT2D eigenvalue weighted by molar-refractivity contribution is 6.30. The molecule has 1 N–H and O–H groups in total. The van der Waals surface area contributed by atoms with Gasteiger partial charge < -0.3 is 5.11 Å². The molecule has 0 bridgehead atoms. The van der Waals surface area contributed by atoms with Gasteiger partial charge in [0.1, 0.15) is 5.92 Å². The van der Waals surface area contributed by atoms with Gasteiger partial charge in [0.25, 0.3) is 0 Å². The van der Waals surface area contributed by atoms with E-state index in [0.717, 1.165) is 44.2 Å². The van der Waals surface area contributed by atoms with E-state index in [9.17, 15) is 19.5 Å². The number of carbonyl (C=O) groups is 3. The molecule has 3 unspecified atom stereocenters. The van der Waals surface area contributed by atoms with Crippen LogP contribution in [0.15, 0.2) is 121 Å². The van der Waals surface area contributed by atoms with Crippen LogP contribution in [0.1, 0.15) is 119 Å². The maximum Gasteiger partial charge on any atom is 0.180 e. The van der Waals surface area contributed by atoms with Crippen LogP contribution in [0.4, 0.5) is 0 Å². The lowest BCUT2D eigenvalue weighted by molar-refractivity contribution is 0.0862. The summed E-state index contributed by atoms with van der Waals surface area (Å²) in [5.41, 5.74) is 8.83. The number of aliphatic hydroxyl groups is 1. The second kappa shape index (κ2) is 12.7. The molecule has 2 aliphatic carbocycles. The fourth-order valence-corrected chi connectivity index (χ4v) is 8.45. The highest BCUT2D eigenvalue weighted by atomic mass is 16.3. The molecule has 0 spiro atoms. The molecule has 0 amide bonds. The van der Waals surface area contributed by atoms with Crippen LogP contribution in [0.25, 0.3) is 44.1 Å². The smallest absolute Gasteiger partial charge is 0.180 e. The molecule has 2 aliphatic rings. The van der Waals surface area contributed by atoms with Crippen LogP contribution in [-0.4, -0.2) is 32.4 Å². The molecule has 7 aromatic rings. The van der Waals surface area contributed by atoms with Gasteiger partial charge in [-0.25, -0.2) is 9.97 Å². The van der Waals surface area contributed by atoms with Crippen molar-refractivity contribution < 1.29 is 19.5 Å². The van der Waals surface area contributed by atoms with Gasteiger partial charge in [-0.15, -0.1) is 0 Å². The molecule has 0 saturated heterocycles. The van der Waals surface area contributed by atoms with Crippen molar-refractivity contribution in [3.63, 3.8) is 0 Å². The Morgan fingerprint density at radius 1 is 0.482 bits per heavy atom. The van der Waals surface area contributed by atoms with E-state index >= 15 is 0 Å². The van der Waals surface area contributed by atoms with Crippen molar-refractivity contribution in [3.8, 4) is 22.3 Å². The van der Waals surface area contributed by atoms with E-state index in [2.05, 4.69) is 41.5 Å². The molecular formula is C50H42N2O4. The molecule has 9 rings (SSSR count). The predicted octanol–water partition coefficient (Wildman–Crippen LogP) is 10.9. The quantitative estimate of drug-likeness (QED) is 0.143. The molecule has 2 aromatic heterocycles. The number of aromatic nitrogens is 2. The van der Waals surface area contributed by atoms with Gasteiger partial charge in [-0.05, 0) is 68.0 Å². The van der Waals surface area contributed by atoms with Gasteiger partial charge in [0.2, 0.25) is 0 Å². The summed E-state index contributed by atoms with van der Waals surface area (Å²) in [5, 5.41) is 13.5. The fraction of sp³-hybridized carbons (Fsp3) is 0.220. The Hall–Kier alpha value is -6.11. The van der Waals surface area contributed by atoms with E-state index in [1.54, 1.807) is 6.07 Å². The molecule has 56 heavy (non-hydrogen) atoms. The summed E-state index contributed by atoms with van der Waals surface area (Å²) in [5.74, 6) is -2.80. The summed E-state index contributed by atoms with van der Waals surface area (Å²) in [7, 11) is 0. The van der Waals surface area contributed by atoms with Crippen LogP contribution < -0.4 is 0 Å². The third-order valence-electron chi connectivity index (χ3n) is 11.6. The second-order valence-electron chi connectivity index (χ2n) is 17.3. The minimum atomic E-state index is -1.12. The van der Waals surface area contributed by atoms with Crippen molar-refractivity contribution in [1.82, 2.24) is 9.97 Å². The Kier molecular flexibility index (Phi) is 8.08. The molecule has 6 heteroatoms. The van der Waals surface area contributed by atoms with Crippen molar-refractivity contribution in [2.45, 2.75) is 70.3 Å². The highest BCUT2D eigenvalue weighted by Gasteiger charge is 2.43. The number of pyridine rings is 2. The molecule has 5 aromatic carbocycles. The zero-order chi connectivity index (χ0) is 39.3. The maximum atomic E-state index is 14.3. The molecule has 0 aliphatic heterocycles. The average Bonchev–Trinajstić information content (AvgIpc) is 3.59. The van der Waals surface area contributed by atoms with E-state index in [1.807, 2.05) is 115 Å². The highest BCUT2D eigenvalue weighted by Crippen LogP contribution is 2.46. The molecule has 276 valence electrons. The number of Topliss-reactive ketones (excluding diaryl/α,β-unsaturated/α-hetero) is 3. The maximum absolute atomic E-state index is 14.3. The number of rotatable bonds is 4. The summed E-state index contributed by atoms with van der Waals surface area (Å²) in [6, 6.07) is 38.9. The Labute approximate surface area is 326 Å². The van der Waals surface area contributed by atoms with E-state index < -0.39 is 17.9 Å². The predicted molar refractivity (Wildman–Crippen MR) is 222 cm³/mol. The van der Waals surface area contributed by atoms with E-state index in [1.165, 1.54) is 0 Å². The lowest BCUT2D eigenvalue weighted by Gasteiger charge is -2.21. The number of hydrogen-bond donors (Lipinski definition) is 1. The lowest BCUT2D eigenvalue weighted by atomic mass is 9.85. The summed E-state index contributed by atoms with van der Waals surface area (Å²) in [6.45, 7) is 12.6. The van der Waals surface area contributed by atoms with Gasteiger partial charge in [-0.1, -0.05) is 145 Å². The van der Waals surface area contributed by atoms with E-state index in [-0.39, 0.29) is 28.2 Å². The SMILES string of the molecule is CC(C)(C)c1ccc2c(c1)C(=O)C(c1cc(-c3ccccc3)c3ccc4c(-c5ccccc5)cc(C5C(=O)c6ccc(C(C)(C)C)cc6C5O)nc4c3n1)C2=O. The standard InChI is InChI=1S/C50H42N2O4/c1-49(2,3)29-17-19-33-37(23-29)47(55)41(45(33)53)39-25-35(27-13-9-7-10-14-27)31-21-22-32-36(28-15-11-8-12-16-28)26-40(52-44(32)43(31)51-39)42-46(54)34-20-18-30(50(4,5)6)24-38(34)48(42)56/h7-26,41-42,47,55H,1-6H3. The van der Waals surface area contributed by atoms with E-state index in [4.69, 9.17) is 9.97 Å². The van der Waals surface area contributed by atoms with Crippen molar-refractivity contribution in [2.75, 3.05) is 0 Å². The number of hydrogen-bond acceptors (Lipinski definition) is 6. The third-order valence-corrected chi connectivity index (χ3v) is 11.6. The molecule has 0 radical (unpaired) electrons. The minimum Gasteiger partial charge on any atom is -0.387 e. The number of carbonyl (C=O) groups excluding carboxylic acids is 3. The van der Waals surface area contributed by atoms with Crippen LogP contribution >= 0.6 is 0 Å². The molecule has 2 heterocycles. The van der Waals surface area contributed by atoms with Gasteiger partial charge in [-0.3, -0.25) is 14.4 Å². The molecule has 6 nitrogen and oxygen atoms in total. The topological polar surface area (TPSA) is 97.2 Å². The molecule has 0 fully saturated rings. The summed E-state index contributed by atoms with van der Waals surface area (Å²) in [6.07, 6.45) is -1.10. The molecular weight excluding hydrogens is 693 g/mol. The summed E-state index contributed by atoms with van der Waals surface area (Å²) in [4.78, 5) is 53.2. The number of aliphatic hydroxyl groups excluding tert-OH is 1. The largest absolute Gasteiger partial charge is 0.387 e. The van der Waals surface area contributed by atoms with Crippen molar-refractivity contribution in [1.29, 1.82) is 0 Å². The van der Waals surface area contributed by atoms with Crippen LogP contribution in [0.3, 0.4) is 0 Å². The van der Waals surface area contributed by atoms with Gasteiger partial charge >= 0.3 is 0 Å². The summed E-state index contributed by atoms with van der Waals surface area (Å²) >= 11 is 0. The Balaban J connectivity index is 1.30. The first-order chi connectivity index (χ1) is 26.7. The second-order valence-corrected chi connectivity index (χ2v) is 17.3. The lowest BCUT2D eigenvalue weighted by Crippen LogP contribution is -2.15. The van der Waals surface area contributed by atoms with Gasteiger partial charge in [0.15, 0.2) is 17.3 Å². The molecule has 3 atom stereocenters. The Bertz CT molecular complexity index is 2790. The normalized spacial score (nSPS) is 18.2. The van der Waals surface area contributed by atoms with Crippen molar-refractivity contribution >= 4 is 39.2 Å². The van der Waals surface area contributed by atoms with Crippen molar-refractivity contribution in [2.24, 2.45) is 0 Å². The third kappa shape index (κ3) is 5.62. The number of ketones is 3. The first-order valence-corrected chi connectivity index (χ1v) is 19.2. The Morgan fingerprint density at radius 2 is 0.964 bits per heavy atom. The van der Waals surface area contributed by atoms with Crippen LogP contribution in [0.5, 0.6) is 0 Å². The number of fused-ring (bicyclic) bond motifs is 5. The van der Waals surface area contributed by atoms with Crippen LogP contribution in [0, 0.1) is 0 Å². The number of nitrogens with zero attached hydrogens (tertiary/aromatic N) is 2. The van der Waals surface area contributed by atoms with Gasteiger partial charge in [0, 0.05) is 27.5 Å². The molecule has 0 saturated carbocycles. The Morgan fingerprint density at radius 3 is 1.52 bits per heavy atom. The monoisotopic (exact) mass is 734 g/mol. The number of benzene rings is 5. The van der Waals surface area contributed by atoms with Gasteiger partial charge in [0.05, 0.1) is 34.4 Å². The van der Waals surface area contributed by atoms with Crippen LogP contribution in [0.2, 0.25) is 0 Å². The minimum absolute atomic E-state index is 0.172. The van der Waals surface area contributed by atoms with Crippen LogP contribution in [-0.2, 0) is 10.8 Å². The first kappa shape index (κ1) is 35.6. The zero-order valence-electron chi connectivity index (χ0n) is 32.3. The zero-order valence-corrected chi connectivity index (χ0v) is 32.3. The average molecular weight is 735 g/mol. The summed E-state index contributed by atoms with van der Waals surface area (Å²) < 4.78 is 0. The van der Waals surface area contributed by atoms with E-state index in [0.29, 0.717) is 44.7 Å². The van der Waals surface area contributed by atoms with Gasteiger partial charge in [-0.2, -0.15) is 0 Å². The fourth-order valence-electron chi connectivity index (χ4n) is 8.45. The first-order valence-electron chi connectivity index (χ1n) is 19.2.